The fraction of sp³-hybridized carbons (Fsp3) is 0. The number of rotatable bonds is 4. The molecule has 0 aliphatic rings. The summed E-state index contributed by atoms with van der Waals surface area (Å²) in [5.74, 6) is 0.235. The Bertz CT molecular complexity index is 980. The van der Waals surface area contributed by atoms with Crippen LogP contribution >= 0.6 is 23.2 Å². The first-order valence-corrected chi connectivity index (χ1v) is 8.31. The lowest BCUT2D eigenvalue weighted by molar-refractivity contribution is 0.102. The molecule has 7 heteroatoms. The third kappa shape index (κ3) is 4.12. The number of hydrogen-bond acceptors (Lipinski definition) is 4. The summed E-state index contributed by atoms with van der Waals surface area (Å²) in [4.78, 5) is 16.5. The molecule has 0 radical (unpaired) electrons. The van der Waals surface area contributed by atoms with Gasteiger partial charge in [-0.2, -0.15) is 5.26 Å². The molecule has 0 saturated carbocycles. The van der Waals surface area contributed by atoms with Crippen LogP contribution in [0.5, 0.6) is 0 Å². The normalized spacial score (nSPS) is 10.0. The number of nitriles is 1. The molecule has 2 N–H and O–H groups in total. The molecule has 0 aliphatic carbocycles. The second-order valence-electron chi connectivity index (χ2n) is 5.30. The molecule has 0 aliphatic heterocycles. The number of pyridine rings is 1. The fourth-order valence-electron chi connectivity index (χ4n) is 2.17. The number of nitrogens with zero attached hydrogens (tertiary/aromatic N) is 2. The predicted octanol–water partition coefficient (Wildman–Crippen LogP) is 5.26. The standard InChI is InChI=1S/C19H12Cl2N4O/c20-15-2-1-3-16(18(15)21)25-19(26)13-6-9-17(23-11-13)24-14-7-4-12(10-22)5-8-14/h1-9,11H,(H,23,24)(H,25,26). The molecule has 1 heterocycles. The smallest absolute Gasteiger partial charge is 0.257 e. The second-order valence-corrected chi connectivity index (χ2v) is 6.09. The molecule has 0 unspecified atom stereocenters. The van der Waals surface area contributed by atoms with E-state index in [1.165, 1.54) is 6.20 Å². The molecular formula is C19H12Cl2N4O. The Balaban J connectivity index is 1.69. The van der Waals surface area contributed by atoms with E-state index in [0.717, 1.165) is 5.69 Å². The Morgan fingerprint density at radius 2 is 1.81 bits per heavy atom. The van der Waals surface area contributed by atoms with Crippen LogP contribution in [-0.2, 0) is 0 Å². The van der Waals surface area contributed by atoms with Gasteiger partial charge in [0.15, 0.2) is 0 Å². The van der Waals surface area contributed by atoms with Gasteiger partial charge in [0.25, 0.3) is 5.91 Å². The number of aromatic nitrogens is 1. The molecule has 1 amide bonds. The van der Waals surface area contributed by atoms with Crippen molar-refractivity contribution < 1.29 is 4.79 Å². The van der Waals surface area contributed by atoms with Crippen molar-refractivity contribution in [3.63, 3.8) is 0 Å². The van der Waals surface area contributed by atoms with Gasteiger partial charge >= 0.3 is 0 Å². The van der Waals surface area contributed by atoms with Gasteiger partial charge in [-0.15, -0.1) is 0 Å². The summed E-state index contributed by atoms with van der Waals surface area (Å²) in [6.07, 6.45) is 1.46. The van der Waals surface area contributed by atoms with Crippen molar-refractivity contribution in [1.82, 2.24) is 4.98 Å². The van der Waals surface area contributed by atoms with Crippen LogP contribution in [0.25, 0.3) is 0 Å². The van der Waals surface area contributed by atoms with Gasteiger partial charge in [0, 0.05) is 11.9 Å². The van der Waals surface area contributed by atoms with Gasteiger partial charge in [-0.25, -0.2) is 4.98 Å². The number of carbonyl (C=O) groups excluding carboxylic acids is 1. The molecule has 3 rings (SSSR count). The minimum atomic E-state index is -0.341. The number of nitrogens with one attached hydrogen (secondary N) is 2. The molecule has 0 atom stereocenters. The molecule has 26 heavy (non-hydrogen) atoms. The average Bonchev–Trinajstić information content (AvgIpc) is 2.66. The van der Waals surface area contributed by atoms with Crippen molar-refractivity contribution in [2.24, 2.45) is 0 Å². The van der Waals surface area contributed by atoms with Gasteiger partial charge in [0.1, 0.15) is 5.82 Å². The molecule has 2 aromatic carbocycles. The van der Waals surface area contributed by atoms with Crippen molar-refractivity contribution in [2.45, 2.75) is 0 Å². The Labute approximate surface area is 160 Å². The minimum absolute atomic E-state index is 0.287. The quantitative estimate of drug-likeness (QED) is 0.645. The monoisotopic (exact) mass is 382 g/mol. The van der Waals surface area contributed by atoms with E-state index in [9.17, 15) is 4.79 Å². The SMILES string of the molecule is N#Cc1ccc(Nc2ccc(C(=O)Nc3cccc(Cl)c3Cl)cn2)cc1. The van der Waals surface area contributed by atoms with Crippen LogP contribution in [0.1, 0.15) is 15.9 Å². The van der Waals surface area contributed by atoms with E-state index in [4.69, 9.17) is 28.5 Å². The maximum Gasteiger partial charge on any atom is 0.257 e. The lowest BCUT2D eigenvalue weighted by Gasteiger charge is -2.09. The lowest BCUT2D eigenvalue weighted by Crippen LogP contribution is -2.12. The van der Waals surface area contributed by atoms with Gasteiger partial charge in [-0.3, -0.25) is 4.79 Å². The van der Waals surface area contributed by atoms with Crippen LogP contribution in [0.2, 0.25) is 10.0 Å². The molecular weight excluding hydrogens is 371 g/mol. The van der Waals surface area contributed by atoms with Gasteiger partial charge in [0.05, 0.1) is 32.9 Å². The van der Waals surface area contributed by atoms with Crippen LogP contribution < -0.4 is 10.6 Å². The molecule has 0 spiro atoms. The van der Waals surface area contributed by atoms with Gasteiger partial charge in [-0.1, -0.05) is 29.3 Å². The molecule has 0 bridgehead atoms. The van der Waals surface area contributed by atoms with Gasteiger partial charge in [0.2, 0.25) is 0 Å². The number of hydrogen-bond donors (Lipinski definition) is 2. The van der Waals surface area contributed by atoms with Crippen LogP contribution in [0.3, 0.4) is 0 Å². The maximum absolute atomic E-state index is 12.3. The zero-order chi connectivity index (χ0) is 18.5. The Kier molecular flexibility index (Phi) is 5.37. The van der Waals surface area contributed by atoms with Crippen LogP contribution in [0.4, 0.5) is 17.2 Å². The molecule has 128 valence electrons. The van der Waals surface area contributed by atoms with Crippen molar-refractivity contribution in [3.8, 4) is 6.07 Å². The summed E-state index contributed by atoms with van der Waals surface area (Å²) >= 11 is 12.0. The summed E-state index contributed by atoms with van der Waals surface area (Å²) in [6, 6.07) is 17.4. The Hall–Kier alpha value is -3.07. The zero-order valence-electron chi connectivity index (χ0n) is 13.3. The summed E-state index contributed by atoms with van der Waals surface area (Å²) in [5.41, 5.74) is 2.19. The van der Waals surface area contributed by atoms with E-state index >= 15 is 0 Å². The van der Waals surface area contributed by atoms with E-state index in [1.54, 1.807) is 54.6 Å². The first-order chi connectivity index (χ1) is 12.6. The van der Waals surface area contributed by atoms with Crippen molar-refractivity contribution in [2.75, 3.05) is 10.6 Å². The topological polar surface area (TPSA) is 77.8 Å². The van der Waals surface area contributed by atoms with E-state index in [1.807, 2.05) is 0 Å². The van der Waals surface area contributed by atoms with E-state index < -0.39 is 0 Å². The third-order valence-electron chi connectivity index (χ3n) is 3.51. The first-order valence-electron chi connectivity index (χ1n) is 7.55. The van der Waals surface area contributed by atoms with Gasteiger partial charge in [-0.05, 0) is 48.5 Å². The van der Waals surface area contributed by atoms with Crippen molar-refractivity contribution >= 4 is 46.3 Å². The first kappa shape index (κ1) is 17.7. The maximum atomic E-state index is 12.3. The van der Waals surface area contributed by atoms with Crippen LogP contribution in [0.15, 0.2) is 60.8 Å². The minimum Gasteiger partial charge on any atom is -0.340 e. The number of amides is 1. The number of anilines is 3. The Morgan fingerprint density at radius 3 is 2.46 bits per heavy atom. The van der Waals surface area contributed by atoms with E-state index in [0.29, 0.717) is 27.7 Å². The summed E-state index contributed by atoms with van der Waals surface area (Å²) < 4.78 is 0. The fourth-order valence-corrected chi connectivity index (χ4v) is 2.52. The highest BCUT2D eigenvalue weighted by molar-refractivity contribution is 6.44. The zero-order valence-corrected chi connectivity index (χ0v) is 14.8. The average molecular weight is 383 g/mol. The lowest BCUT2D eigenvalue weighted by atomic mass is 10.2. The Morgan fingerprint density at radius 1 is 1.04 bits per heavy atom. The highest BCUT2D eigenvalue weighted by Crippen LogP contribution is 2.29. The summed E-state index contributed by atoms with van der Waals surface area (Å²) in [7, 11) is 0. The highest BCUT2D eigenvalue weighted by Gasteiger charge is 2.11. The van der Waals surface area contributed by atoms with Crippen molar-refractivity contribution in [3.05, 3.63) is 82.0 Å². The van der Waals surface area contributed by atoms with Gasteiger partial charge < -0.3 is 10.6 Å². The summed E-state index contributed by atoms with van der Waals surface area (Å²) in [6.45, 7) is 0. The van der Waals surface area contributed by atoms with Crippen molar-refractivity contribution in [1.29, 1.82) is 5.26 Å². The van der Waals surface area contributed by atoms with E-state index in [-0.39, 0.29) is 10.9 Å². The van der Waals surface area contributed by atoms with Crippen LogP contribution in [0, 0.1) is 11.3 Å². The number of halogens is 2. The molecule has 5 nitrogen and oxygen atoms in total. The second kappa shape index (κ2) is 7.87. The predicted molar refractivity (Wildman–Crippen MR) is 103 cm³/mol. The number of benzene rings is 2. The molecule has 0 saturated heterocycles. The van der Waals surface area contributed by atoms with E-state index in [2.05, 4.69) is 21.7 Å². The van der Waals surface area contributed by atoms with Crippen LogP contribution in [-0.4, -0.2) is 10.9 Å². The largest absolute Gasteiger partial charge is 0.340 e. The molecule has 0 fully saturated rings. The highest BCUT2D eigenvalue weighted by atomic mass is 35.5. The number of carbonyl (C=O) groups is 1. The summed E-state index contributed by atoms with van der Waals surface area (Å²) in [5, 5.41) is 15.3. The molecule has 3 aromatic rings. The molecule has 1 aromatic heterocycles. The third-order valence-corrected chi connectivity index (χ3v) is 4.33.